The number of amides is 1. The van der Waals surface area contributed by atoms with Gasteiger partial charge in [0.15, 0.2) is 5.82 Å². The van der Waals surface area contributed by atoms with E-state index in [1.165, 1.54) is 0 Å². The summed E-state index contributed by atoms with van der Waals surface area (Å²) in [6.07, 6.45) is 1.57. The van der Waals surface area contributed by atoms with E-state index >= 15 is 0 Å². The van der Waals surface area contributed by atoms with E-state index in [1.54, 1.807) is 6.33 Å². The monoisotopic (exact) mass is 376 g/mol. The van der Waals surface area contributed by atoms with Crippen molar-refractivity contribution in [2.24, 2.45) is 0 Å². The Bertz CT molecular complexity index is 1000. The van der Waals surface area contributed by atoms with Gasteiger partial charge in [-0.3, -0.25) is 4.79 Å². The molecule has 0 saturated carbocycles. The van der Waals surface area contributed by atoms with Gasteiger partial charge in [0, 0.05) is 43.5 Å². The first-order valence-electron chi connectivity index (χ1n) is 9.48. The maximum absolute atomic E-state index is 12.7. The van der Waals surface area contributed by atoms with Crippen molar-refractivity contribution >= 4 is 11.7 Å². The van der Waals surface area contributed by atoms with Gasteiger partial charge in [-0.25, -0.2) is 14.6 Å². The van der Waals surface area contributed by atoms with Crippen molar-refractivity contribution in [1.82, 2.24) is 24.6 Å². The zero-order valence-corrected chi connectivity index (χ0v) is 16.5. The Morgan fingerprint density at radius 1 is 0.929 bits per heavy atom. The molecule has 3 aromatic rings. The molecule has 0 atom stereocenters. The smallest absolute Gasteiger partial charge is 0.253 e. The number of anilines is 1. The van der Waals surface area contributed by atoms with Crippen molar-refractivity contribution in [3.63, 3.8) is 0 Å². The molecule has 0 radical (unpaired) electrons. The van der Waals surface area contributed by atoms with Gasteiger partial charge in [0.25, 0.3) is 5.91 Å². The summed E-state index contributed by atoms with van der Waals surface area (Å²) < 4.78 is 1.83. The first kappa shape index (κ1) is 18.2. The van der Waals surface area contributed by atoms with Crippen molar-refractivity contribution in [3.05, 3.63) is 65.2 Å². The number of rotatable bonds is 3. The van der Waals surface area contributed by atoms with Crippen molar-refractivity contribution in [2.45, 2.75) is 20.8 Å². The fourth-order valence-electron chi connectivity index (χ4n) is 3.59. The Morgan fingerprint density at radius 2 is 1.68 bits per heavy atom. The van der Waals surface area contributed by atoms with Crippen LogP contribution in [0.4, 0.5) is 5.82 Å². The van der Waals surface area contributed by atoms with E-state index in [1.807, 2.05) is 66.8 Å². The lowest BCUT2D eigenvalue weighted by Crippen LogP contribution is -2.49. The van der Waals surface area contributed by atoms with Crippen LogP contribution in [0.15, 0.2) is 42.7 Å². The number of benzene rings is 1. The van der Waals surface area contributed by atoms with Gasteiger partial charge in [-0.2, -0.15) is 5.10 Å². The average Bonchev–Trinajstić information content (AvgIpc) is 3.06. The zero-order valence-electron chi connectivity index (χ0n) is 16.5. The van der Waals surface area contributed by atoms with Crippen LogP contribution in [0.1, 0.15) is 27.3 Å². The number of hydrogen-bond donors (Lipinski definition) is 0. The van der Waals surface area contributed by atoms with Gasteiger partial charge < -0.3 is 9.80 Å². The van der Waals surface area contributed by atoms with Crippen LogP contribution in [0.5, 0.6) is 0 Å². The molecule has 1 aliphatic heterocycles. The molecule has 7 heteroatoms. The van der Waals surface area contributed by atoms with Crippen LogP contribution >= 0.6 is 0 Å². The molecular formula is C21H24N6O. The maximum atomic E-state index is 12.7. The predicted molar refractivity (Wildman–Crippen MR) is 108 cm³/mol. The molecule has 0 spiro atoms. The normalized spacial score (nSPS) is 14.4. The summed E-state index contributed by atoms with van der Waals surface area (Å²) in [5.41, 5.74) is 3.85. The van der Waals surface area contributed by atoms with Crippen molar-refractivity contribution < 1.29 is 4.79 Å². The second-order valence-electron chi connectivity index (χ2n) is 7.22. The lowest BCUT2D eigenvalue weighted by molar-refractivity contribution is 0.0746. The van der Waals surface area contributed by atoms with Gasteiger partial charge in [0.05, 0.1) is 5.69 Å². The highest BCUT2D eigenvalue weighted by atomic mass is 16.2. The third kappa shape index (κ3) is 3.60. The van der Waals surface area contributed by atoms with Crippen LogP contribution in [0, 0.1) is 20.8 Å². The molecule has 0 unspecified atom stereocenters. The highest BCUT2D eigenvalue weighted by molar-refractivity contribution is 5.94. The Morgan fingerprint density at radius 3 is 2.36 bits per heavy atom. The third-order valence-corrected chi connectivity index (χ3v) is 5.02. The Balaban J connectivity index is 1.46. The highest BCUT2D eigenvalue weighted by Crippen LogP contribution is 2.18. The zero-order chi connectivity index (χ0) is 19.7. The quantitative estimate of drug-likeness (QED) is 0.703. The summed E-state index contributed by atoms with van der Waals surface area (Å²) in [7, 11) is 0. The minimum Gasteiger partial charge on any atom is -0.353 e. The molecule has 0 bridgehead atoms. The van der Waals surface area contributed by atoms with Gasteiger partial charge in [-0.05, 0) is 39.0 Å². The summed E-state index contributed by atoms with van der Waals surface area (Å²) in [4.78, 5) is 25.6. The topological polar surface area (TPSA) is 67.2 Å². The predicted octanol–water partition coefficient (Wildman–Crippen LogP) is 2.55. The van der Waals surface area contributed by atoms with Gasteiger partial charge in [-0.15, -0.1) is 0 Å². The molecule has 1 aliphatic rings. The third-order valence-electron chi connectivity index (χ3n) is 5.02. The van der Waals surface area contributed by atoms with Crippen LogP contribution in [-0.2, 0) is 0 Å². The molecule has 1 aromatic carbocycles. The lowest BCUT2D eigenvalue weighted by atomic mass is 10.1. The second-order valence-corrected chi connectivity index (χ2v) is 7.22. The molecular weight excluding hydrogens is 352 g/mol. The van der Waals surface area contributed by atoms with Crippen LogP contribution < -0.4 is 4.90 Å². The molecule has 1 fully saturated rings. The van der Waals surface area contributed by atoms with Crippen LogP contribution in [-0.4, -0.2) is 56.7 Å². The number of nitrogens with zero attached hydrogens (tertiary/aromatic N) is 6. The molecule has 0 N–H and O–H groups in total. The number of carbonyl (C=O) groups excluding carboxylic acids is 1. The first-order chi connectivity index (χ1) is 13.5. The van der Waals surface area contributed by atoms with Gasteiger partial charge >= 0.3 is 0 Å². The van der Waals surface area contributed by atoms with Gasteiger partial charge in [-0.1, -0.05) is 17.7 Å². The van der Waals surface area contributed by atoms with E-state index in [0.717, 1.165) is 47.2 Å². The molecule has 2 aromatic heterocycles. The van der Waals surface area contributed by atoms with Gasteiger partial charge in [0.2, 0.25) is 0 Å². The van der Waals surface area contributed by atoms with E-state index in [-0.39, 0.29) is 5.91 Å². The SMILES string of the molecule is Cc1cccc(C(=O)N2CCN(c3cc(-n4nc(C)cc4C)ncn3)CC2)c1. The molecule has 1 amide bonds. The largest absolute Gasteiger partial charge is 0.353 e. The summed E-state index contributed by atoms with van der Waals surface area (Å²) in [5.74, 6) is 1.71. The minimum atomic E-state index is 0.0920. The van der Waals surface area contributed by atoms with E-state index in [0.29, 0.717) is 13.1 Å². The fraction of sp³-hybridized carbons (Fsp3) is 0.333. The molecule has 3 heterocycles. The Hall–Kier alpha value is -3.22. The average molecular weight is 376 g/mol. The summed E-state index contributed by atoms with van der Waals surface area (Å²) in [6, 6.07) is 11.7. The molecule has 28 heavy (non-hydrogen) atoms. The molecule has 7 nitrogen and oxygen atoms in total. The number of carbonyl (C=O) groups is 1. The minimum absolute atomic E-state index is 0.0920. The highest BCUT2D eigenvalue weighted by Gasteiger charge is 2.23. The van der Waals surface area contributed by atoms with E-state index in [4.69, 9.17) is 0 Å². The molecule has 1 saturated heterocycles. The molecule has 4 rings (SSSR count). The van der Waals surface area contributed by atoms with Crippen molar-refractivity contribution in [2.75, 3.05) is 31.1 Å². The van der Waals surface area contributed by atoms with Gasteiger partial charge in [0.1, 0.15) is 12.1 Å². The van der Waals surface area contributed by atoms with Crippen LogP contribution in [0.2, 0.25) is 0 Å². The van der Waals surface area contributed by atoms with E-state index in [9.17, 15) is 4.79 Å². The number of aryl methyl sites for hydroxylation is 3. The first-order valence-corrected chi connectivity index (χ1v) is 9.48. The number of hydrogen-bond acceptors (Lipinski definition) is 5. The molecule has 144 valence electrons. The Kier molecular flexibility index (Phi) is 4.81. The second kappa shape index (κ2) is 7.42. The summed E-state index contributed by atoms with van der Waals surface area (Å²) in [6.45, 7) is 8.81. The lowest BCUT2D eigenvalue weighted by Gasteiger charge is -2.35. The maximum Gasteiger partial charge on any atom is 0.253 e. The standard InChI is InChI=1S/C21H24N6O/c1-15-5-4-6-18(11-15)21(28)26-9-7-25(8-10-26)19-13-20(23-14-22-19)27-17(3)12-16(2)24-27/h4-6,11-14H,7-10H2,1-3H3. The summed E-state index contributed by atoms with van der Waals surface area (Å²) >= 11 is 0. The fourth-order valence-corrected chi connectivity index (χ4v) is 3.59. The van der Waals surface area contributed by atoms with Crippen molar-refractivity contribution in [1.29, 1.82) is 0 Å². The van der Waals surface area contributed by atoms with Crippen molar-refractivity contribution in [3.8, 4) is 5.82 Å². The van der Waals surface area contributed by atoms with Crippen LogP contribution in [0.3, 0.4) is 0 Å². The molecule has 0 aliphatic carbocycles. The van der Waals surface area contributed by atoms with Crippen LogP contribution in [0.25, 0.3) is 5.82 Å². The summed E-state index contributed by atoms with van der Waals surface area (Å²) in [5, 5.41) is 4.50. The number of aromatic nitrogens is 4. The van der Waals surface area contributed by atoms with E-state index in [2.05, 4.69) is 20.0 Å². The number of piperazine rings is 1. The Labute approximate surface area is 164 Å². The van der Waals surface area contributed by atoms with E-state index < -0.39 is 0 Å².